The summed E-state index contributed by atoms with van der Waals surface area (Å²) in [6.07, 6.45) is 1.32. The fraction of sp³-hybridized carbons (Fsp3) is 0.562. The maximum absolute atomic E-state index is 13.0. The number of amides is 1. The molecule has 2 aliphatic heterocycles. The Morgan fingerprint density at radius 3 is 2.35 bits per heavy atom. The molecule has 1 amide bonds. The Hall–Kier alpha value is -1.60. The highest BCUT2D eigenvalue weighted by molar-refractivity contribution is 7.89. The van der Waals surface area contributed by atoms with Gasteiger partial charge < -0.3 is 4.74 Å². The lowest BCUT2D eigenvalue weighted by atomic mass is 10.0. The lowest BCUT2D eigenvalue weighted by Crippen LogP contribution is -2.45. The molecule has 7 heteroatoms. The van der Waals surface area contributed by atoms with E-state index in [-0.39, 0.29) is 16.5 Å². The van der Waals surface area contributed by atoms with E-state index in [0.717, 1.165) is 12.8 Å². The number of sulfonamides is 1. The molecule has 0 saturated carbocycles. The number of ether oxygens (including phenoxy) is 1. The van der Waals surface area contributed by atoms with Crippen molar-refractivity contribution in [1.82, 2.24) is 4.31 Å². The van der Waals surface area contributed by atoms with Gasteiger partial charge in [0.1, 0.15) is 6.61 Å². The summed E-state index contributed by atoms with van der Waals surface area (Å²) in [5.74, 6) is 0. The molecule has 6 nitrogen and oxygen atoms in total. The maximum Gasteiger partial charge on any atom is 0.414 e. The lowest BCUT2D eigenvalue weighted by Gasteiger charge is -2.33. The summed E-state index contributed by atoms with van der Waals surface area (Å²) in [4.78, 5) is 13.3. The summed E-state index contributed by atoms with van der Waals surface area (Å²) >= 11 is 0. The second-order valence-electron chi connectivity index (χ2n) is 6.76. The van der Waals surface area contributed by atoms with Crippen LogP contribution in [0.25, 0.3) is 0 Å². The summed E-state index contributed by atoms with van der Waals surface area (Å²) < 4.78 is 32.5. The molecule has 0 aliphatic carbocycles. The summed E-state index contributed by atoms with van der Waals surface area (Å²) in [7, 11) is -3.55. The first-order valence-corrected chi connectivity index (χ1v) is 9.26. The molecule has 2 fully saturated rings. The molecule has 0 radical (unpaired) electrons. The van der Waals surface area contributed by atoms with E-state index in [2.05, 4.69) is 0 Å². The molecule has 23 heavy (non-hydrogen) atoms. The smallest absolute Gasteiger partial charge is 0.414 e. The zero-order valence-electron chi connectivity index (χ0n) is 13.7. The zero-order valence-corrected chi connectivity index (χ0v) is 14.5. The van der Waals surface area contributed by atoms with Gasteiger partial charge in [0.25, 0.3) is 0 Å². The molecule has 2 saturated heterocycles. The summed E-state index contributed by atoms with van der Waals surface area (Å²) in [6.45, 7) is 6.71. The standard InChI is InChI=1S/C16H22N2O4S/c1-12-8-9-16(2,3)18(12)23(20,21)14-6-4-13(5-7-14)17-10-11-22-15(17)19/h4-7,12H,8-11H2,1-3H3. The van der Waals surface area contributed by atoms with Crippen LogP contribution in [0.5, 0.6) is 0 Å². The second-order valence-corrected chi connectivity index (χ2v) is 8.58. The Kier molecular flexibility index (Phi) is 3.88. The van der Waals surface area contributed by atoms with Crippen LogP contribution in [0.2, 0.25) is 0 Å². The average molecular weight is 338 g/mol. The number of anilines is 1. The van der Waals surface area contributed by atoms with E-state index < -0.39 is 16.1 Å². The minimum absolute atomic E-state index is 0.0109. The van der Waals surface area contributed by atoms with Crippen LogP contribution in [0.3, 0.4) is 0 Å². The van der Waals surface area contributed by atoms with Gasteiger partial charge in [-0.2, -0.15) is 4.31 Å². The Morgan fingerprint density at radius 2 is 1.87 bits per heavy atom. The Bertz CT molecular complexity index is 712. The molecule has 1 unspecified atom stereocenters. The van der Waals surface area contributed by atoms with Gasteiger partial charge in [-0.1, -0.05) is 0 Å². The summed E-state index contributed by atoms with van der Waals surface area (Å²) in [5.41, 5.74) is 0.274. The van der Waals surface area contributed by atoms with Crippen LogP contribution in [0.4, 0.5) is 10.5 Å². The van der Waals surface area contributed by atoms with Crippen molar-refractivity contribution in [3.63, 3.8) is 0 Å². The number of nitrogens with zero attached hydrogens (tertiary/aromatic N) is 2. The van der Waals surface area contributed by atoms with Crippen LogP contribution < -0.4 is 4.90 Å². The normalized spacial score (nSPS) is 24.9. The van der Waals surface area contributed by atoms with Gasteiger partial charge in [-0.05, 0) is 57.9 Å². The van der Waals surface area contributed by atoms with Gasteiger partial charge in [0.2, 0.25) is 10.0 Å². The second kappa shape index (κ2) is 5.49. The molecule has 1 atom stereocenters. The number of rotatable bonds is 3. The molecule has 0 N–H and O–H groups in total. The van der Waals surface area contributed by atoms with Crippen molar-refractivity contribution in [2.45, 2.75) is 50.1 Å². The Balaban J connectivity index is 1.90. The molecule has 3 rings (SSSR count). The number of cyclic esters (lactones) is 1. The lowest BCUT2D eigenvalue weighted by molar-refractivity contribution is 0.181. The van der Waals surface area contributed by atoms with E-state index in [1.165, 1.54) is 4.90 Å². The number of hydrogen-bond donors (Lipinski definition) is 0. The van der Waals surface area contributed by atoms with Gasteiger partial charge in [0, 0.05) is 17.3 Å². The van der Waals surface area contributed by atoms with Crippen LogP contribution in [0, 0.1) is 0 Å². The molecule has 2 aliphatic rings. The fourth-order valence-electron chi connectivity index (χ4n) is 3.49. The van der Waals surface area contributed by atoms with Crippen molar-refractivity contribution in [3.8, 4) is 0 Å². The Morgan fingerprint density at radius 1 is 1.22 bits per heavy atom. The minimum atomic E-state index is -3.55. The van der Waals surface area contributed by atoms with Gasteiger partial charge >= 0.3 is 6.09 Å². The highest BCUT2D eigenvalue weighted by Crippen LogP contribution is 2.38. The van der Waals surface area contributed by atoms with E-state index in [4.69, 9.17) is 4.74 Å². The van der Waals surface area contributed by atoms with Gasteiger partial charge in [0.15, 0.2) is 0 Å². The number of hydrogen-bond acceptors (Lipinski definition) is 4. The van der Waals surface area contributed by atoms with Crippen LogP contribution in [-0.2, 0) is 14.8 Å². The van der Waals surface area contributed by atoms with Crippen LogP contribution >= 0.6 is 0 Å². The first-order chi connectivity index (χ1) is 10.7. The molecule has 126 valence electrons. The first kappa shape index (κ1) is 16.3. The first-order valence-electron chi connectivity index (χ1n) is 7.82. The predicted octanol–water partition coefficient (Wildman–Crippen LogP) is 2.59. The molecule has 1 aromatic rings. The molecule has 0 aromatic heterocycles. The van der Waals surface area contributed by atoms with Crippen molar-refractivity contribution in [2.24, 2.45) is 0 Å². The summed E-state index contributed by atoms with van der Waals surface area (Å²) in [6, 6.07) is 6.44. The quantitative estimate of drug-likeness (QED) is 0.849. The topological polar surface area (TPSA) is 66.9 Å². The van der Waals surface area contributed by atoms with Crippen molar-refractivity contribution in [3.05, 3.63) is 24.3 Å². The van der Waals surface area contributed by atoms with Crippen LogP contribution in [0.15, 0.2) is 29.2 Å². The molecule has 0 bridgehead atoms. The van der Waals surface area contributed by atoms with E-state index >= 15 is 0 Å². The number of carbonyl (C=O) groups is 1. The third kappa shape index (κ3) is 2.72. The predicted molar refractivity (Wildman–Crippen MR) is 86.9 cm³/mol. The van der Waals surface area contributed by atoms with Gasteiger partial charge in [-0.15, -0.1) is 0 Å². The number of benzene rings is 1. The fourth-order valence-corrected chi connectivity index (χ4v) is 5.52. The average Bonchev–Trinajstić information content (AvgIpc) is 3.02. The van der Waals surface area contributed by atoms with E-state index in [1.54, 1.807) is 28.6 Å². The molecule has 2 heterocycles. The van der Waals surface area contributed by atoms with Gasteiger partial charge in [-0.3, -0.25) is 4.90 Å². The van der Waals surface area contributed by atoms with Crippen LogP contribution in [0.1, 0.15) is 33.6 Å². The minimum Gasteiger partial charge on any atom is -0.447 e. The van der Waals surface area contributed by atoms with Crippen molar-refractivity contribution in [2.75, 3.05) is 18.1 Å². The number of carbonyl (C=O) groups excluding carboxylic acids is 1. The third-order valence-electron chi connectivity index (χ3n) is 4.64. The molecular formula is C16H22N2O4S. The van der Waals surface area contributed by atoms with Crippen molar-refractivity contribution < 1.29 is 17.9 Å². The zero-order chi connectivity index (χ0) is 16.8. The van der Waals surface area contributed by atoms with E-state index in [9.17, 15) is 13.2 Å². The van der Waals surface area contributed by atoms with Gasteiger partial charge in [0.05, 0.1) is 11.4 Å². The van der Waals surface area contributed by atoms with E-state index in [1.807, 2.05) is 20.8 Å². The van der Waals surface area contributed by atoms with Crippen LogP contribution in [-0.4, -0.2) is 43.5 Å². The third-order valence-corrected chi connectivity index (χ3v) is 6.88. The monoisotopic (exact) mass is 338 g/mol. The highest BCUT2D eigenvalue weighted by Gasteiger charge is 2.45. The van der Waals surface area contributed by atoms with Crippen molar-refractivity contribution >= 4 is 21.8 Å². The van der Waals surface area contributed by atoms with Crippen molar-refractivity contribution in [1.29, 1.82) is 0 Å². The SMILES string of the molecule is CC1CCC(C)(C)N1S(=O)(=O)c1ccc(N2CCOC2=O)cc1. The largest absolute Gasteiger partial charge is 0.447 e. The highest BCUT2D eigenvalue weighted by atomic mass is 32.2. The molecular weight excluding hydrogens is 316 g/mol. The van der Waals surface area contributed by atoms with E-state index in [0.29, 0.717) is 18.8 Å². The van der Waals surface area contributed by atoms with Gasteiger partial charge in [-0.25, -0.2) is 13.2 Å². The summed E-state index contributed by atoms with van der Waals surface area (Å²) in [5, 5.41) is 0. The Labute approximate surface area is 137 Å². The molecule has 1 aromatic carbocycles. The maximum atomic E-state index is 13.0. The molecule has 0 spiro atoms.